The van der Waals surface area contributed by atoms with Crippen molar-refractivity contribution >= 4 is 40.6 Å². The molecule has 0 aromatic heterocycles. The summed E-state index contributed by atoms with van der Waals surface area (Å²) in [7, 11) is 4.00. The van der Waals surface area contributed by atoms with Crippen molar-refractivity contribution in [3.8, 4) is 0 Å². The summed E-state index contributed by atoms with van der Waals surface area (Å²) in [4.78, 5) is 28.8. The summed E-state index contributed by atoms with van der Waals surface area (Å²) in [5.41, 5.74) is 3.83. The zero-order chi connectivity index (χ0) is 19.7. The van der Waals surface area contributed by atoms with Gasteiger partial charge in [0.1, 0.15) is 5.37 Å². The molecule has 1 aliphatic heterocycles. The van der Waals surface area contributed by atoms with Crippen molar-refractivity contribution < 1.29 is 9.59 Å². The average Bonchev–Trinajstić information content (AvgIpc) is 3.02. The molecule has 2 aromatic rings. The van der Waals surface area contributed by atoms with E-state index >= 15 is 0 Å². The predicted octanol–water partition coefficient (Wildman–Crippen LogP) is 4.27. The van der Waals surface area contributed by atoms with Crippen molar-refractivity contribution in [2.24, 2.45) is 5.92 Å². The van der Waals surface area contributed by atoms with Crippen LogP contribution in [0.4, 0.5) is 17.1 Å². The minimum atomic E-state index is -0.0849. The maximum absolute atomic E-state index is 12.6. The lowest BCUT2D eigenvalue weighted by molar-refractivity contribution is -0.122. The molecule has 1 N–H and O–H groups in total. The molecule has 2 aromatic carbocycles. The zero-order valence-electron chi connectivity index (χ0n) is 16.2. The Kier molecular flexibility index (Phi) is 5.31. The first-order valence-corrected chi connectivity index (χ1v) is 10.7. The Bertz CT molecular complexity index is 878. The van der Waals surface area contributed by atoms with Gasteiger partial charge in [-0.3, -0.25) is 14.5 Å². The largest absolute Gasteiger partial charge is 0.378 e. The molecule has 4 rings (SSSR count). The predicted molar refractivity (Wildman–Crippen MR) is 116 cm³/mol. The topological polar surface area (TPSA) is 52.6 Å². The average molecular weight is 396 g/mol. The summed E-state index contributed by atoms with van der Waals surface area (Å²) in [6, 6.07) is 15.9. The number of benzene rings is 2. The lowest BCUT2D eigenvalue weighted by atomic mass is 9.85. The van der Waals surface area contributed by atoms with Gasteiger partial charge < -0.3 is 10.2 Å². The summed E-state index contributed by atoms with van der Waals surface area (Å²) >= 11 is 1.62. The Hall–Kier alpha value is -2.47. The van der Waals surface area contributed by atoms with Gasteiger partial charge in [0.05, 0.1) is 5.75 Å². The SMILES string of the molecule is CN(C)c1ccc(N2C(=O)CSC2c2cccc(NC(=O)C3CCC3)c2)cc1. The highest BCUT2D eigenvalue weighted by atomic mass is 32.2. The van der Waals surface area contributed by atoms with E-state index < -0.39 is 0 Å². The number of carbonyl (C=O) groups excluding carboxylic acids is 2. The van der Waals surface area contributed by atoms with Crippen LogP contribution in [0.25, 0.3) is 0 Å². The minimum absolute atomic E-state index is 0.0849. The molecule has 6 heteroatoms. The highest BCUT2D eigenvalue weighted by Crippen LogP contribution is 2.42. The number of rotatable bonds is 5. The van der Waals surface area contributed by atoms with E-state index in [2.05, 4.69) is 5.32 Å². The number of anilines is 3. The van der Waals surface area contributed by atoms with E-state index in [0.29, 0.717) is 5.75 Å². The Labute approximate surface area is 170 Å². The lowest BCUT2D eigenvalue weighted by Gasteiger charge is -2.26. The van der Waals surface area contributed by atoms with Crippen LogP contribution in [0.2, 0.25) is 0 Å². The molecule has 0 radical (unpaired) electrons. The number of hydrogen-bond donors (Lipinski definition) is 1. The molecular weight excluding hydrogens is 370 g/mol. The van der Waals surface area contributed by atoms with Gasteiger partial charge in [-0.05, 0) is 54.8 Å². The fourth-order valence-electron chi connectivity index (χ4n) is 3.55. The molecule has 2 fully saturated rings. The molecule has 1 heterocycles. The van der Waals surface area contributed by atoms with Gasteiger partial charge in [0.25, 0.3) is 0 Å². The normalized spacial score (nSPS) is 19.4. The summed E-state index contributed by atoms with van der Waals surface area (Å²) in [6.07, 6.45) is 3.10. The van der Waals surface area contributed by atoms with Crippen LogP contribution in [0, 0.1) is 5.92 Å². The van der Waals surface area contributed by atoms with Crippen molar-refractivity contribution in [2.45, 2.75) is 24.6 Å². The third-order valence-corrected chi connectivity index (χ3v) is 6.64. The van der Waals surface area contributed by atoms with Crippen LogP contribution >= 0.6 is 11.8 Å². The summed E-state index contributed by atoms with van der Waals surface area (Å²) in [5, 5.41) is 2.95. The van der Waals surface area contributed by atoms with Crippen LogP contribution in [0.1, 0.15) is 30.2 Å². The van der Waals surface area contributed by atoms with Crippen molar-refractivity contribution in [2.75, 3.05) is 35.0 Å². The third-order valence-electron chi connectivity index (χ3n) is 5.43. The molecule has 1 aliphatic carbocycles. The second kappa shape index (κ2) is 7.87. The number of amides is 2. The van der Waals surface area contributed by atoms with E-state index in [1.54, 1.807) is 11.8 Å². The van der Waals surface area contributed by atoms with Crippen molar-refractivity contribution in [1.82, 2.24) is 0 Å². The first-order chi connectivity index (χ1) is 13.5. The molecule has 2 aliphatic rings. The van der Waals surface area contributed by atoms with Crippen molar-refractivity contribution in [3.05, 3.63) is 54.1 Å². The van der Waals surface area contributed by atoms with E-state index in [0.717, 1.165) is 41.9 Å². The molecule has 0 bridgehead atoms. The summed E-state index contributed by atoms with van der Waals surface area (Å²) in [5.74, 6) is 0.822. The van der Waals surface area contributed by atoms with Gasteiger partial charge in [0.15, 0.2) is 0 Å². The van der Waals surface area contributed by atoms with Crippen molar-refractivity contribution in [1.29, 1.82) is 0 Å². The molecule has 2 amide bonds. The van der Waals surface area contributed by atoms with E-state index in [1.165, 1.54) is 0 Å². The summed E-state index contributed by atoms with van der Waals surface area (Å²) in [6.45, 7) is 0. The smallest absolute Gasteiger partial charge is 0.238 e. The standard InChI is InChI=1S/C22H25N3O2S/c1-24(2)18-9-11-19(12-10-18)25-20(26)14-28-22(25)16-7-4-8-17(13-16)23-21(27)15-5-3-6-15/h4,7-13,15,22H,3,5-6,14H2,1-2H3,(H,23,27). The van der Waals surface area contributed by atoms with Crippen LogP contribution < -0.4 is 15.1 Å². The zero-order valence-corrected chi connectivity index (χ0v) is 17.0. The van der Waals surface area contributed by atoms with Gasteiger partial charge in [-0.25, -0.2) is 0 Å². The second-order valence-corrected chi connectivity index (χ2v) is 8.65. The minimum Gasteiger partial charge on any atom is -0.378 e. The number of hydrogen-bond acceptors (Lipinski definition) is 4. The highest BCUT2D eigenvalue weighted by Gasteiger charge is 2.34. The Balaban J connectivity index is 1.56. The molecule has 28 heavy (non-hydrogen) atoms. The van der Waals surface area contributed by atoms with E-state index in [9.17, 15) is 9.59 Å². The van der Waals surface area contributed by atoms with Crippen LogP contribution in [0.15, 0.2) is 48.5 Å². The van der Waals surface area contributed by atoms with Gasteiger partial charge >= 0.3 is 0 Å². The first-order valence-electron chi connectivity index (χ1n) is 9.65. The summed E-state index contributed by atoms with van der Waals surface area (Å²) < 4.78 is 0. The fourth-order valence-corrected chi connectivity index (χ4v) is 4.71. The van der Waals surface area contributed by atoms with Gasteiger partial charge in [-0.2, -0.15) is 0 Å². The lowest BCUT2D eigenvalue weighted by Crippen LogP contribution is -2.29. The Morgan fingerprint density at radius 3 is 2.54 bits per heavy atom. The van der Waals surface area contributed by atoms with Crippen LogP contribution in [0.3, 0.4) is 0 Å². The van der Waals surface area contributed by atoms with Crippen LogP contribution in [-0.2, 0) is 9.59 Å². The maximum atomic E-state index is 12.6. The first kappa shape index (κ1) is 18.9. The van der Waals surface area contributed by atoms with Gasteiger partial charge in [0, 0.05) is 37.1 Å². The molecule has 1 atom stereocenters. The molecule has 1 unspecified atom stereocenters. The molecule has 1 saturated heterocycles. The number of nitrogens with zero attached hydrogens (tertiary/aromatic N) is 2. The Morgan fingerprint density at radius 1 is 1.14 bits per heavy atom. The van der Waals surface area contributed by atoms with Crippen LogP contribution in [-0.4, -0.2) is 31.7 Å². The maximum Gasteiger partial charge on any atom is 0.238 e. The van der Waals surface area contributed by atoms with Crippen molar-refractivity contribution in [3.63, 3.8) is 0 Å². The molecule has 146 valence electrons. The van der Waals surface area contributed by atoms with E-state index in [1.807, 2.05) is 72.4 Å². The third kappa shape index (κ3) is 3.74. The quantitative estimate of drug-likeness (QED) is 0.821. The van der Waals surface area contributed by atoms with Gasteiger partial charge in [-0.1, -0.05) is 18.6 Å². The molecule has 0 spiro atoms. The van der Waals surface area contributed by atoms with E-state index in [-0.39, 0.29) is 23.1 Å². The number of nitrogens with one attached hydrogen (secondary N) is 1. The highest BCUT2D eigenvalue weighted by molar-refractivity contribution is 8.00. The van der Waals surface area contributed by atoms with Gasteiger partial charge in [-0.15, -0.1) is 11.8 Å². The van der Waals surface area contributed by atoms with Gasteiger partial charge in [0.2, 0.25) is 11.8 Å². The molecule has 1 saturated carbocycles. The van der Waals surface area contributed by atoms with E-state index in [4.69, 9.17) is 0 Å². The monoisotopic (exact) mass is 395 g/mol. The number of thioether (sulfide) groups is 1. The molecule has 5 nitrogen and oxygen atoms in total. The Morgan fingerprint density at radius 2 is 1.89 bits per heavy atom. The van der Waals surface area contributed by atoms with Crippen LogP contribution in [0.5, 0.6) is 0 Å². The number of carbonyl (C=O) groups is 2. The molecular formula is C22H25N3O2S. The second-order valence-electron chi connectivity index (χ2n) is 7.58. The fraction of sp³-hybridized carbons (Fsp3) is 0.364.